The van der Waals surface area contributed by atoms with Crippen LogP contribution in [0.5, 0.6) is 0 Å². The molecule has 0 unspecified atom stereocenters. The average molecular weight is 189 g/mol. The molecule has 4 nitrogen and oxygen atoms in total. The second-order valence-electron chi connectivity index (χ2n) is 4.08. The fraction of sp³-hybridized carbons (Fsp3) is 0.889. The lowest BCUT2D eigenvalue weighted by Gasteiger charge is -2.29. The Labute approximate surface area is 79.1 Å². The molecular weight excluding hydrogens is 170 g/mol. The van der Waals surface area contributed by atoms with Gasteiger partial charge in [-0.15, -0.1) is 0 Å². The Kier molecular flexibility index (Phi) is 4.36. The number of carboxylic acid groups (broad SMARTS) is 1. The van der Waals surface area contributed by atoms with Crippen molar-refractivity contribution in [2.75, 3.05) is 0 Å². The number of rotatable bonds is 5. The maximum Gasteiger partial charge on any atom is 0.320 e. The van der Waals surface area contributed by atoms with Gasteiger partial charge in [0.25, 0.3) is 0 Å². The second kappa shape index (κ2) is 4.58. The molecule has 0 spiro atoms. The largest absolute Gasteiger partial charge is 0.480 e. The van der Waals surface area contributed by atoms with Crippen molar-refractivity contribution in [2.24, 2.45) is 5.73 Å². The quantitative estimate of drug-likeness (QED) is 0.676. The fourth-order valence-corrected chi connectivity index (χ4v) is 1.30. The molecule has 0 heterocycles. The predicted molar refractivity (Wildman–Crippen MR) is 50.5 cm³/mol. The van der Waals surface area contributed by atoms with Crippen LogP contribution in [0.4, 0.5) is 0 Å². The standard InChI is InChI=1S/C9H19NO3/c1-6(2)13-9(3,4)5-7(10)8(11)12/h6-7H,5,10H2,1-4H3,(H,11,12)/t7-/m1/s1. The molecule has 78 valence electrons. The molecule has 0 radical (unpaired) electrons. The summed E-state index contributed by atoms with van der Waals surface area (Å²) in [5, 5.41) is 8.60. The lowest BCUT2D eigenvalue weighted by atomic mass is 9.99. The summed E-state index contributed by atoms with van der Waals surface area (Å²) in [5.74, 6) is -0.986. The molecule has 0 aliphatic carbocycles. The zero-order chi connectivity index (χ0) is 10.6. The van der Waals surface area contributed by atoms with Crippen LogP contribution in [-0.4, -0.2) is 28.8 Å². The molecule has 0 aromatic rings. The van der Waals surface area contributed by atoms with Crippen molar-refractivity contribution in [1.29, 1.82) is 0 Å². The smallest absolute Gasteiger partial charge is 0.320 e. The molecule has 0 bridgehead atoms. The van der Waals surface area contributed by atoms with Gasteiger partial charge in [0.2, 0.25) is 0 Å². The van der Waals surface area contributed by atoms with Crippen molar-refractivity contribution < 1.29 is 14.6 Å². The first-order valence-corrected chi connectivity index (χ1v) is 4.41. The normalized spacial score (nSPS) is 14.6. The van der Waals surface area contributed by atoms with Gasteiger partial charge in [0.15, 0.2) is 0 Å². The van der Waals surface area contributed by atoms with E-state index in [0.29, 0.717) is 6.42 Å². The number of ether oxygens (including phenoxy) is 1. The lowest BCUT2D eigenvalue weighted by molar-refractivity contribution is -0.141. The highest BCUT2D eigenvalue weighted by molar-refractivity contribution is 5.73. The van der Waals surface area contributed by atoms with Gasteiger partial charge in [-0.1, -0.05) is 0 Å². The van der Waals surface area contributed by atoms with Gasteiger partial charge in [-0.25, -0.2) is 0 Å². The van der Waals surface area contributed by atoms with Crippen molar-refractivity contribution in [3.8, 4) is 0 Å². The predicted octanol–water partition coefficient (Wildman–Crippen LogP) is 0.992. The Hall–Kier alpha value is -0.610. The van der Waals surface area contributed by atoms with Gasteiger partial charge in [-0.2, -0.15) is 0 Å². The summed E-state index contributed by atoms with van der Waals surface area (Å²) < 4.78 is 5.52. The monoisotopic (exact) mass is 189 g/mol. The minimum absolute atomic E-state index is 0.0796. The van der Waals surface area contributed by atoms with E-state index < -0.39 is 17.6 Å². The lowest BCUT2D eigenvalue weighted by Crippen LogP contribution is -2.40. The average Bonchev–Trinajstić information content (AvgIpc) is 1.81. The van der Waals surface area contributed by atoms with E-state index in [1.165, 1.54) is 0 Å². The molecule has 0 saturated heterocycles. The fourth-order valence-electron chi connectivity index (χ4n) is 1.30. The van der Waals surface area contributed by atoms with Crippen LogP contribution >= 0.6 is 0 Å². The van der Waals surface area contributed by atoms with Crippen LogP contribution in [0.1, 0.15) is 34.1 Å². The first-order chi connectivity index (χ1) is 5.74. The summed E-state index contributed by atoms with van der Waals surface area (Å²) >= 11 is 0. The van der Waals surface area contributed by atoms with E-state index >= 15 is 0 Å². The van der Waals surface area contributed by atoms with Gasteiger partial charge in [0.1, 0.15) is 6.04 Å². The van der Waals surface area contributed by atoms with E-state index in [1.807, 2.05) is 27.7 Å². The van der Waals surface area contributed by atoms with Gasteiger partial charge >= 0.3 is 5.97 Å². The van der Waals surface area contributed by atoms with Crippen LogP contribution < -0.4 is 5.73 Å². The minimum atomic E-state index is -0.986. The van der Waals surface area contributed by atoms with E-state index in [-0.39, 0.29) is 6.10 Å². The molecule has 3 N–H and O–H groups in total. The molecule has 0 amide bonds. The number of carboxylic acids is 1. The Morgan fingerprint density at radius 2 is 2.00 bits per heavy atom. The molecule has 0 fully saturated rings. The number of hydrogen-bond donors (Lipinski definition) is 2. The summed E-state index contributed by atoms with van der Waals surface area (Å²) in [6.07, 6.45) is 0.400. The zero-order valence-corrected chi connectivity index (χ0v) is 8.70. The molecular formula is C9H19NO3. The van der Waals surface area contributed by atoms with Crippen LogP contribution in [0.3, 0.4) is 0 Å². The van der Waals surface area contributed by atoms with Gasteiger partial charge in [0.05, 0.1) is 11.7 Å². The minimum Gasteiger partial charge on any atom is -0.480 e. The first-order valence-electron chi connectivity index (χ1n) is 4.41. The SMILES string of the molecule is CC(C)OC(C)(C)C[C@@H](N)C(=O)O. The van der Waals surface area contributed by atoms with Crippen LogP contribution in [0.2, 0.25) is 0 Å². The van der Waals surface area contributed by atoms with Crippen molar-refractivity contribution >= 4 is 5.97 Å². The third kappa shape index (κ3) is 5.60. The van der Waals surface area contributed by atoms with Gasteiger partial charge in [-0.05, 0) is 27.7 Å². The highest BCUT2D eigenvalue weighted by atomic mass is 16.5. The Morgan fingerprint density at radius 1 is 1.54 bits per heavy atom. The summed E-state index contributed by atoms with van der Waals surface area (Å²) in [7, 11) is 0. The molecule has 0 aliphatic rings. The van der Waals surface area contributed by atoms with Gasteiger partial charge < -0.3 is 15.6 Å². The van der Waals surface area contributed by atoms with E-state index in [4.69, 9.17) is 15.6 Å². The topological polar surface area (TPSA) is 72.5 Å². The molecule has 13 heavy (non-hydrogen) atoms. The molecule has 4 heteroatoms. The second-order valence-corrected chi connectivity index (χ2v) is 4.08. The highest BCUT2D eigenvalue weighted by Gasteiger charge is 2.26. The molecule has 0 aliphatic heterocycles. The van der Waals surface area contributed by atoms with Crippen molar-refractivity contribution in [3.63, 3.8) is 0 Å². The molecule has 0 saturated carbocycles. The van der Waals surface area contributed by atoms with Crippen molar-refractivity contribution in [3.05, 3.63) is 0 Å². The van der Waals surface area contributed by atoms with Crippen molar-refractivity contribution in [2.45, 2.75) is 51.9 Å². The molecule has 0 aromatic heterocycles. The molecule has 0 rings (SSSR count). The van der Waals surface area contributed by atoms with E-state index in [0.717, 1.165) is 0 Å². The van der Waals surface area contributed by atoms with Gasteiger partial charge in [0, 0.05) is 6.42 Å². The number of aliphatic carboxylic acids is 1. The summed E-state index contributed by atoms with van der Waals surface area (Å²) in [5.41, 5.74) is 4.92. The van der Waals surface area contributed by atoms with Crippen LogP contribution in [-0.2, 0) is 9.53 Å². The number of nitrogens with two attached hydrogens (primary N) is 1. The maximum absolute atomic E-state index is 10.5. The van der Waals surface area contributed by atoms with E-state index in [9.17, 15) is 4.79 Å². The van der Waals surface area contributed by atoms with Crippen LogP contribution in [0.25, 0.3) is 0 Å². The number of hydrogen-bond acceptors (Lipinski definition) is 3. The van der Waals surface area contributed by atoms with Gasteiger partial charge in [-0.3, -0.25) is 4.79 Å². The Bertz CT molecular complexity index is 178. The Morgan fingerprint density at radius 3 is 2.31 bits per heavy atom. The molecule has 1 atom stereocenters. The van der Waals surface area contributed by atoms with E-state index in [1.54, 1.807) is 0 Å². The molecule has 0 aromatic carbocycles. The van der Waals surface area contributed by atoms with Crippen molar-refractivity contribution in [1.82, 2.24) is 0 Å². The Balaban J connectivity index is 4.08. The van der Waals surface area contributed by atoms with E-state index in [2.05, 4.69) is 0 Å². The summed E-state index contributed by atoms with van der Waals surface area (Å²) in [6.45, 7) is 7.51. The van der Waals surface area contributed by atoms with Crippen LogP contribution in [0, 0.1) is 0 Å². The highest BCUT2D eigenvalue weighted by Crippen LogP contribution is 2.18. The maximum atomic E-state index is 10.5. The van der Waals surface area contributed by atoms with Crippen LogP contribution in [0.15, 0.2) is 0 Å². The zero-order valence-electron chi connectivity index (χ0n) is 8.70. The number of carbonyl (C=O) groups is 1. The summed E-state index contributed by atoms with van der Waals surface area (Å²) in [6, 6.07) is -0.853. The third-order valence-corrected chi connectivity index (χ3v) is 1.58. The third-order valence-electron chi connectivity index (χ3n) is 1.58. The summed E-state index contributed by atoms with van der Waals surface area (Å²) in [4.78, 5) is 10.5. The first kappa shape index (κ1) is 12.4.